The Labute approximate surface area is 269 Å². The number of furan rings is 1. The Morgan fingerprint density at radius 1 is 0.426 bits per heavy atom. The summed E-state index contributed by atoms with van der Waals surface area (Å²) in [5.41, 5.74) is 10.6. The van der Waals surface area contributed by atoms with Gasteiger partial charge in [-0.15, -0.1) is 0 Å². The molecular weight excluding hydrogens is 574 g/mol. The van der Waals surface area contributed by atoms with Gasteiger partial charge in [0.05, 0.1) is 39.0 Å². The number of hydrogen-bond acceptors (Lipinski definition) is 2. The van der Waals surface area contributed by atoms with Gasteiger partial charge in [-0.2, -0.15) is 5.26 Å². The third-order valence-electron chi connectivity index (χ3n) is 9.57. The number of fused-ring (bicyclic) bond motifs is 10. The van der Waals surface area contributed by atoms with E-state index in [9.17, 15) is 5.26 Å². The van der Waals surface area contributed by atoms with Gasteiger partial charge in [-0.25, -0.2) is 0 Å². The van der Waals surface area contributed by atoms with Gasteiger partial charge in [0.1, 0.15) is 17.2 Å². The quantitative estimate of drug-likeness (QED) is 0.203. The van der Waals surface area contributed by atoms with Crippen LogP contribution in [-0.2, 0) is 0 Å². The molecule has 3 heterocycles. The molecule has 7 aromatic carbocycles. The topological polar surface area (TPSA) is 46.8 Å². The second kappa shape index (κ2) is 9.71. The standard InChI is InChI=1S/C43H25N3O/c44-26-27-12-11-18-31(30-15-3-8-21-36(30)45-34-19-6-1-13-28(34)29-14-2-7-20-35(29)45)43(27)46-37-22-9-4-16-32(37)41-38(46)24-25-40-42(41)33-17-5-10-23-39(33)47-40/h1-25H. The van der Waals surface area contributed by atoms with Crippen LogP contribution in [0.2, 0.25) is 0 Å². The molecule has 0 bridgehead atoms. The van der Waals surface area contributed by atoms with Gasteiger partial charge in [0.25, 0.3) is 0 Å². The van der Waals surface area contributed by atoms with Gasteiger partial charge in [-0.05, 0) is 48.5 Å². The number of para-hydroxylation sites is 6. The molecule has 0 N–H and O–H groups in total. The molecule has 10 rings (SSSR count). The Bertz CT molecular complexity index is 2880. The molecule has 3 aromatic heterocycles. The van der Waals surface area contributed by atoms with E-state index in [0.29, 0.717) is 5.56 Å². The van der Waals surface area contributed by atoms with E-state index in [1.54, 1.807) is 0 Å². The predicted molar refractivity (Wildman–Crippen MR) is 193 cm³/mol. The molecule has 0 saturated carbocycles. The highest BCUT2D eigenvalue weighted by molar-refractivity contribution is 6.27. The number of hydrogen-bond donors (Lipinski definition) is 0. The average molecular weight is 600 g/mol. The van der Waals surface area contributed by atoms with E-state index in [-0.39, 0.29) is 0 Å². The summed E-state index contributed by atoms with van der Waals surface area (Å²) in [6.07, 6.45) is 0. The molecule has 0 saturated heterocycles. The molecule has 0 radical (unpaired) electrons. The van der Waals surface area contributed by atoms with Crippen molar-refractivity contribution < 1.29 is 4.42 Å². The minimum absolute atomic E-state index is 0.610. The fourth-order valence-corrected chi connectivity index (χ4v) is 7.69. The average Bonchev–Trinajstić information content (AvgIpc) is 3.79. The van der Waals surface area contributed by atoms with Crippen molar-refractivity contribution in [3.05, 3.63) is 157 Å². The van der Waals surface area contributed by atoms with Crippen molar-refractivity contribution in [1.82, 2.24) is 9.13 Å². The highest BCUT2D eigenvalue weighted by Gasteiger charge is 2.24. The maximum atomic E-state index is 10.7. The van der Waals surface area contributed by atoms with Gasteiger partial charge in [-0.3, -0.25) is 0 Å². The second-order valence-corrected chi connectivity index (χ2v) is 12.0. The summed E-state index contributed by atoms with van der Waals surface area (Å²) in [7, 11) is 0. The molecule has 218 valence electrons. The van der Waals surface area contributed by atoms with Crippen LogP contribution in [0.5, 0.6) is 0 Å². The Morgan fingerprint density at radius 2 is 1.02 bits per heavy atom. The van der Waals surface area contributed by atoms with Crippen molar-refractivity contribution in [3.8, 4) is 28.6 Å². The molecule has 10 aromatic rings. The van der Waals surface area contributed by atoms with Crippen molar-refractivity contribution in [2.75, 3.05) is 0 Å². The summed E-state index contributed by atoms with van der Waals surface area (Å²) in [6.45, 7) is 0. The van der Waals surface area contributed by atoms with Gasteiger partial charge >= 0.3 is 0 Å². The molecule has 0 spiro atoms. The van der Waals surface area contributed by atoms with Gasteiger partial charge in [0.15, 0.2) is 0 Å². The molecule has 0 unspecified atom stereocenters. The largest absolute Gasteiger partial charge is 0.456 e. The number of aromatic nitrogens is 2. The molecule has 0 atom stereocenters. The van der Waals surface area contributed by atoms with Crippen LogP contribution < -0.4 is 0 Å². The maximum Gasteiger partial charge on any atom is 0.136 e. The third-order valence-corrected chi connectivity index (χ3v) is 9.57. The van der Waals surface area contributed by atoms with E-state index in [2.05, 4.69) is 143 Å². The van der Waals surface area contributed by atoms with Gasteiger partial charge in [0.2, 0.25) is 0 Å². The highest BCUT2D eigenvalue weighted by Crippen LogP contribution is 2.44. The molecule has 0 aliphatic rings. The van der Waals surface area contributed by atoms with Gasteiger partial charge in [0, 0.05) is 43.4 Å². The van der Waals surface area contributed by atoms with Crippen LogP contribution in [0.25, 0.3) is 88.1 Å². The van der Waals surface area contributed by atoms with E-state index in [1.807, 2.05) is 24.3 Å². The number of rotatable bonds is 3. The van der Waals surface area contributed by atoms with Crippen LogP contribution >= 0.6 is 0 Å². The minimum Gasteiger partial charge on any atom is -0.456 e. The molecule has 0 aliphatic carbocycles. The lowest BCUT2D eigenvalue weighted by molar-refractivity contribution is 0.669. The van der Waals surface area contributed by atoms with Crippen LogP contribution in [0, 0.1) is 11.3 Å². The molecule has 4 nitrogen and oxygen atoms in total. The Balaban J connectivity index is 1.35. The number of benzene rings is 7. The summed E-state index contributed by atoms with van der Waals surface area (Å²) < 4.78 is 11.0. The van der Waals surface area contributed by atoms with Crippen molar-refractivity contribution >= 4 is 65.6 Å². The monoisotopic (exact) mass is 599 g/mol. The predicted octanol–water partition coefficient (Wildman–Crippen LogP) is 11.3. The van der Waals surface area contributed by atoms with Crippen LogP contribution in [0.4, 0.5) is 0 Å². The van der Waals surface area contributed by atoms with E-state index in [1.165, 1.54) is 10.8 Å². The van der Waals surface area contributed by atoms with Crippen LogP contribution in [0.3, 0.4) is 0 Å². The summed E-state index contributed by atoms with van der Waals surface area (Å²) in [5.74, 6) is 0. The highest BCUT2D eigenvalue weighted by atomic mass is 16.3. The molecule has 0 aliphatic heterocycles. The maximum absolute atomic E-state index is 10.7. The van der Waals surface area contributed by atoms with Crippen molar-refractivity contribution in [1.29, 1.82) is 5.26 Å². The molecular formula is C43H25N3O. The van der Waals surface area contributed by atoms with Crippen LogP contribution in [-0.4, -0.2) is 9.13 Å². The molecule has 47 heavy (non-hydrogen) atoms. The first-order chi connectivity index (χ1) is 23.3. The molecule has 0 amide bonds. The summed E-state index contributed by atoms with van der Waals surface area (Å²) in [4.78, 5) is 0. The SMILES string of the molecule is N#Cc1cccc(-c2ccccc2-n2c3ccccc3c3ccccc32)c1-n1c2ccccc2c2c3c(ccc21)oc1ccccc13. The Kier molecular flexibility index (Phi) is 5.32. The fourth-order valence-electron chi connectivity index (χ4n) is 7.69. The van der Waals surface area contributed by atoms with Gasteiger partial charge < -0.3 is 13.6 Å². The van der Waals surface area contributed by atoms with Crippen LogP contribution in [0.15, 0.2) is 156 Å². The van der Waals surface area contributed by atoms with Crippen molar-refractivity contribution in [2.24, 2.45) is 0 Å². The minimum atomic E-state index is 0.610. The van der Waals surface area contributed by atoms with Crippen LogP contribution in [0.1, 0.15) is 5.56 Å². The first-order valence-electron chi connectivity index (χ1n) is 15.8. The summed E-state index contributed by atoms with van der Waals surface area (Å²) in [6, 6.07) is 55.2. The Hall–Kier alpha value is -6.57. The third kappa shape index (κ3) is 3.51. The first kappa shape index (κ1) is 25.7. The number of nitrogens with zero attached hydrogens (tertiary/aromatic N) is 3. The first-order valence-corrected chi connectivity index (χ1v) is 15.8. The Morgan fingerprint density at radius 3 is 1.77 bits per heavy atom. The normalized spacial score (nSPS) is 11.8. The summed E-state index contributed by atoms with van der Waals surface area (Å²) in [5, 5.41) is 17.5. The zero-order valence-electron chi connectivity index (χ0n) is 25.2. The lowest BCUT2D eigenvalue weighted by Gasteiger charge is -2.19. The fraction of sp³-hybridized carbons (Fsp3) is 0. The van der Waals surface area contributed by atoms with E-state index >= 15 is 0 Å². The van der Waals surface area contributed by atoms with E-state index in [4.69, 9.17) is 4.42 Å². The lowest BCUT2D eigenvalue weighted by Crippen LogP contribution is -2.03. The molecule has 4 heteroatoms. The lowest BCUT2D eigenvalue weighted by atomic mass is 9.98. The second-order valence-electron chi connectivity index (χ2n) is 12.0. The smallest absolute Gasteiger partial charge is 0.136 e. The van der Waals surface area contributed by atoms with Gasteiger partial charge in [-0.1, -0.05) is 103 Å². The number of nitriles is 1. The zero-order chi connectivity index (χ0) is 31.1. The van der Waals surface area contributed by atoms with E-state index in [0.717, 1.165) is 77.3 Å². The zero-order valence-corrected chi connectivity index (χ0v) is 25.2. The van der Waals surface area contributed by atoms with Crippen molar-refractivity contribution in [2.45, 2.75) is 0 Å². The van der Waals surface area contributed by atoms with E-state index < -0.39 is 0 Å². The summed E-state index contributed by atoms with van der Waals surface area (Å²) >= 11 is 0. The van der Waals surface area contributed by atoms with Crippen molar-refractivity contribution in [3.63, 3.8) is 0 Å². The molecule has 0 fully saturated rings.